The minimum absolute atomic E-state index is 0.0272. The number of alkyl carbamates (subject to hydrolysis) is 1. The fourth-order valence-electron chi connectivity index (χ4n) is 3.15. The number of methoxy groups -OCH3 is 1. The molecule has 0 aliphatic carbocycles. The zero-order chi connectivity index (χ0) is 19.2. The Morgan fingerprint density at radius 2 is 1.96 bits per heavy atom. The standard InChI is InChI=1S/C20H30N2O4/c1-20(2,3)26-19(24)21-13-15-9-8-12-22(14-15)18(23)17(25-4)16-10-6-5-7-11-16/h5-7,10-11,15,17H,8-9,12-14H2,1-4H3,(H,21,24). The van der Waals surface area contributed by atoms with Crippen LogP contribution in [0.25, 0.3) is 0 Å². The largest absolute Gasteiger partial charge is 0.444 e. The third kappa shape index (κ3) is 6.02. The van der Waals surface area contributed by atoms with Gasteiger partial charge >= 0.3 is 6.09 Å². The third-order valence-corrected chi connectivity index (χ3v) is 4.33. The lowest BCUT2D eigenvalue weighted by molar-refractivity contribution is -0.144. The maximum absolute atomic E-state index is 12.9. The number of benzene rings is 1. The van der Waals surface area contributed by atoms with Crippen LogP contribution < -0.4 is 5.32 Å². The Morgan fingerprint density at radius 1 is 1.27 bits per heavy atom. The fourth-order valence-corrected chi connectivity index (χ4v) is 3.15. The first-order valence-electron chi connectivity index (χ1n) is 9.13. The molecule has 6 nitrogen and oxygen atoms in total. The Kier molecular flexibility index (Phi) is 7.03. The number of piperidine rings is 1. The molecule has 0 radical (unpaired) electrons. The summed E-state index contributed by atoms with van der Waals surface area (Å²) in [6.45, 7) is 7.34. The van der Waals surface area contributed by atoms with Gasteiger partial charge in [0.15, 0.2) is 6.10 Å². The molecule has 0 aromatic heterocycles. The molecule has 0 bridgehead atoms. The van der Waals surface area contributed by atoms with Gasteiger partial charge in [-0.3, -0.25) is 4.79 Å². The quantitative estimate of drug-likeness (QED) is 0.874. The molecule has 2 amide bonds. The Morgan fingerprint density at radius 3 is 2.58 bits per heavy atom. The first-order valence-corrected chi connectivity index (χ1v) is 9.13. The van der Waals surface area contributed by atoms with E-state index in [1.807, 2.05) is 56.0 Å². The van der Waals surface area contributed by atoms with Crippen molar-refractivity contribution in [2.75, 3.05) is 26.7 Å². The first kappa shape index (κ1) is 20.2. The summed E-state index contributed by atoms with van der Waals surface area (Å²) in [4.78, 5) is 26.6. The second-order valence-corrected chi connectivity index (χ2v) is 7.70. The van der Waals surface area contributed by atoms with E-state index in [0.717, 1.165) is 18.4 Å². The Balaban J connectivity index is 1.90. The van der Waals surface area contributed by atoms with Gasteiger partial charge in [-0.2, -0.15) is 0 Å². The molecule has 1 N–H and O–H groups in total. The fraction of sp³-hybridized carbons (Fsp3) is 0.600. The van der Waals surface area contributed by atoms with E-state index in [4.69, 9.17) is 9.47 Å². The van der Waals surface area contributed by atoms with Gasteiger partial charge in [-0.25, -0.2) is 4.79 Å². The molecule has 1 aliphatic rings. The predicted molar refractivity (Wildman–Crippen MR) is 99.7 cm³/mol. The number of likely N-dealkylation sites (tertiary alicyclic amines) is 1. The summed E-state index contributed by atoms with van der Waals surface area (Å²) in [7, 11) is 1.56. The number of amides is 2. The SMILES string of the molecule is COC(C(=O)N1CCCC(CNC(=O)OC(C)(C)C)C1)c1ccccc1. The van der Waals surface area contributed by atoms with E-state index < -0.39 is 17.8 Å². The van der Waals surface area contributed by atoms with Crippen LogP contribution in [-0.4, -0.2) is 49.2 Å². The van der Waals surface area contributed by atoms with Gasteiger partial charge in [-0.05, 0) is 45.1 Å². The summed E-state index contributed by atoms with van der Waals surface area (Å²) in [6.07, 6.45) is 0.883. The average molecular weight is 362 g/mol. The highest BCUT2D eigenvalue weighted by Gasteiger charge is 2.30. The Labute approximate surface area is 155 Å². The zero-order valence-electron chi connectivity index (χ0n) is 16.2. The molecule has 6 heteroatoms. The van der Waals surface area contributed by atoms with E-state index in [1.165, 1.54) is 0 Å². The van der Waals surface area contributed by atoms with Crippen LogP contribution in [0.15, 0.2) is 30.3 Å². The van der Waals surface area contributed by atoms with Crippen molar-refractivity contribution >= 4 is 12.0 Å². The maximum atomic E-state index is 12.9. The van der Waals surface area contributed by atoms with Crippen molar-refractivity contribution in [1.29, 1.82) is 0 Å². The second kappa shape index (κ2) is 9.03. The van der Waals surface area contributed by atoms with Crippen LogP contribution in [0.4, 0.5) is 4.79 Å². The molecule has 0 spiro atoms. The van der Waals surface area contributed by atoms with Gasteiger partial charge < -0.3 is 19.7 Å². The Hall–Kier alpha value is -2.08. The molecule has 1 aliphatic heterocycles. The number of ether oxygens (including phenoxy) is 2. The van der Waals surface area contributed by atoms with E-state index in [0.29, 0.717) is 19.6 Å². The van der Waals surface area contributed by atoms with Gasteiger partial charge in [-0.15, -0.1) is 0 Å². The lowest BCUT2D eigenvalue weighted by atomic mass is 9.97. The molecule has 1 aromatic rings. The van der Waals surface area contributed by atoms with E-state index in [9.17, 15) is 9.59 Å². The molecular weight excluding hydrogens is 332 g/mol. The van der Waals surface area contributed by atoms with Crippen LogP contribution in [-0.2, 0) is 14.3 Å². The van der Waals surface area contributed by atoms with Gasteiger partial charge in [0, 0.05) is 26.7 Å². The first-order chi connectivity index (χ1) is 12.3. The highest BCUT2D eigenvalue weighted by atomic mass is 16.6. The molecule has 1 heterocycles. The predicted octanol–water partition coefficient (Wildman–Crippen LogP) is 3.14. The van der Waals surface area contributed by atoms with Gasteiger partial charge in [-0.1, -0.05) is 30.3 Å². The molecule has 2 unspecified atom stereocenters. The van der Waals surface area contributed by atoms with Crippen molar-refractivity contribution in [3.63, 3.8) is 0 Å². The highest BCUT2D eigenvalue weighted by molar-refractivity contribution is 5.82. The van der Waals surface area contributed by atoms with Crippen molar-refractivity contribution in [3.8, 4) is 0 Å². The molecule has 1 fully saturated rings. The number of hydrogen-bond acceptors (Lipinski definition) is 4. The summed E-state index contributed by atoms with van der Waals surface area (Å²) >= 11 is 0. The normalized spacial score (nSPS) is 18.9. The van der Waals surface area contributed by atoms with Crippen LogP contribution >= 0.6 is 0 Å². The monoisotopic (exact) mass is 362 g/mol. The zero-order valence-corrected chi connectivity index (χ0v) is 16.2. The van der Waals surface area contributed by atoms with Crippen molar-refractivity contribution in [2.45, 2.75) is 45.3 Å². The molecule has 144 valence electrons. The van der Waals surface area contributed by atoms with Crippen LogP contribution in [0.5, 0.6) is 0 Å². The maximum Gasteiger partial charge on any atom is 0.407 e. The lowest BCUT2D eigenvalue weighted by Crippen LogP contribution is -2.46. The lowest BCUT2D eigenvalue weighted by Gasteiger charge is -2.35. The molecular formula is C20H30N2O4. The summed E-state index contributed by atoms with van der Waals surface area (Å²) in [5.41, 5.74) is 0.342. The van der Waals surface area contributed by atoms with Gasteiger partial charge in [0.1, 0.15) is 5.60 Å². The molecule has 1 aromatic carbocycles. The number of rotatable bonds is 5. The number of carbonyl (C=O) groups excluding carboxylic acids is 2. The van der Waals surface area contributed by atoms with Crippen LogP contribution in [0.1, 0.15) is 45.3 Å². The van der Waals surface area contributed by atoms with Crippen molar-refractivity contribution < 1.29 is 19.1 Å². The van der Waals surface area contributed by atoms with Crippen molar-refractivity contribution in [3.05, 3.63) is 35.9 Å². The average Bonchev–Trinajstić information content (AvgIpc) is 2.60. The number of hydrogen-bond donors (Lipinski definition) is 1. The molecule has 1 saturated heterocycles. The van der Waals surface area contributed by atoms with E-state index in [1.54, 1.807) is 7.11 Å². The Bertz CT molecular complexity index is 598. The highest BCUT2D eigenvalue weighted by Crippen LogP contribution is 2.23. The van der Waals surface area contributed by atoms with E-state index in [-0.39, 0.29) is 11.8 Å². The summed E-state index contributed by atoms with van der Waals surface area (Å²) in [5.74, 6) is 0.189. The van der Waals surface area contributed by atoms with Crippen molar-refractivity contribution in [1.82, 2.24) is 10.2 Å². The third-order valence-electron chi connectivity index (χ3n) is 4.33. The molecule has 2 atom stereocenters. The van der Waals surface area contributed by atoms with Gasteiger partial charge in [0.05, 0.1) is 0 Å². The topological polar surface area (TPSA) is 67.9 Å². The van der Waals surface area contributed by atoms with Gasteiger partial charge in [0.25, 0.3) is 5.91 Å². The van der Waals surface area contributed by atoms with Crippen LogP contribution in [0.2, 0.25) is 0 Å². The summed E-state index contributed by atoms with van der Waals surface area (Å²) in [5, 5.41) is 2.81. The number of nitrogens with one attached hydrogen (secondary N) is 1. The number of nitrogens with zero attached hydrogens (tertiary/aromatic N) is 1. The molecule has 26 heavy (non-hydrogen) atoms. The molecule has 0 saturated carbocycles. The second-order valence-electron chi connectivity index (χ2n) is 7.70. The molecule has 2 rings (SSSR count). The smallest absolute Gasteiger partial charge is 0.407 e. The summed E-state index contributed by atoms with van der Waals surface area (Å²) < 4.78 is 10.7. The van der Waals surface area contributed by atoms with Crippen LogP contribution in [0, 0.1) is 5.92 Å². The van der Waals surface area contributed by atoms with E-state index >= 15 is 0 Å². The van der Waals surface area contributed by atoms with Crippen LogP contribution in [0.3, 0.4) is 0 Å². The van der Waals surface area contributed by atoms with Gasteiger partial charge in [0.2, 0.25) is 0 Å². The van der Waals surface area contributed by atoms with E-state index in [2.05, 4.69) is 5.32 Å². The minimum atomic E-state index is -0.589. The minimum Gasteiger partial charge on any atom is -0.444 e. The summed E-state index contributed by atoms with van der Waals surface area (Å²) in [6, 6.07) is 9.52. The van der Waals surface area contributed by atoms with Crippen molar-refractivity contribution in [2.24, 2.45) is 5.92 Å². The number of carbonyl (C=O) groups is 2.